The lowest BCUT2D eigenvalue weighted by molar-refractivity contribution is 0.0937. The Labute approximate surface area is 161 Å². The molecule has 1 atom stereocenters. The summed E-state index contributed by atoms with van der Waals surface area (Å²) in [7, 11) is 0. The highest BCUT2D eigenvalue weighted by atomic mass is 32.1. The van der Waals surface area contributed by atoms with E-state index in [9.17, 15) is 9.18 Å². The first-order chi connectivity index (χ1) is 13.1. The van der Waals surface area contributed by atoms with Gasteiger partial charge in [-0.15, -0.1) is 11.3 Å². The summed E-state index contributed by atoms with van der Waals surface area (Å²) in [6, 6.07) is 12.2. The van der Waals surface area contributed by atoms with Crippen LogP contribution in [0.1, 0.15) is 27.4 Å². The number of halogens is 1. The average molecular weight is 384 g/mol. The zero-order chi connectivity index (χ0) is 18.8. The third kappa shape index (κ3) is 4.03. The van der Waals surface area contributed by atoms with Gasteiger partial charge in [0.15, 0.2) is 5.82 Å². The van der Waals surface area contributed by atoms with Gasteiger partial charge < -0.3 is 10.2 Å². The molecular formula is C20H21FN4OS. The van der Waals surface area contributed by atoms with E-state index in [0.29, 0.717) is 0 Å². The Morgan fingerprint density at radius 2 is 2.11 bits per heavy atom. The summed E-state index contributed by atoms with van der Waals surface area (Å²) in [6.07, 6.45) is 1.95. The zero-order valence-electron chi connectivity index (χ0n) is 15.0. The minimum Gasteiger partial charge on any atom is -0.353 e. The predicted molar refractivity (Wildman–Crippen MR) is 106 cm³/mol. The van der Waals surface area contributed by atoms with Crippen molar-refractivity contribution in [3.63, 3.8) is 0 Å². The van der Waals surface area contributed by atoms with Crippen LogP contribution >= 0.6 is 11.3 Å². The van der Waals surface area contributed by atoms with Crippen LogP contribution < -0.4 is 10.2 Å². The van der Waals surface area contributed by atoms with Gasteiger partial charge in [0.2, 0.25) is 0 Å². The number of carbonyl (C=O) groups excluding carboxylic acids is 1. The fourth-order valence-electron chi connectivity index (χ4n) is 3.37. The Kier molecular flexibility index (Phi) is 4.94. The quantitative estimate of drug-likeness (QED) is 0.715. The maximum atomic E-state index is 13.1. The smallest absolute Gasteiger partial charge is 0.261 e. The summed E-state index contributed by atoms with van der Waals surface area (Å²) in [5.74, 6) is 0.586. The molecule has 0 spiro atoms. The standard InChI is InChI=1S/C20H21FN4OS/c1-13-4-9-18(27-13)20(26)22-16-3-2-10-25(12-16)19-11-17(23-24-19)14-5-7-15(21)8-6-14/h4-9,11,16H,2-3,10,12H2,1H3,(H,22,26)(H,23,24)/t16-/m0/s1. The van der Waals surface area contributed by atoms with E-state index >= 15 is 0 Å². The van der Waals surface area contributed by atoms with Crippen LogP contribution in [-0.2, 0) is 0 Å². The molecule has 27 heavy (non-hydrogen) atoms. The Balaban J connectivity index is 1.42. The first-order valence-corrected chi connectivity index (χ1v) is 9.84. The van der Waals surface area contributed by atoms with E-state index in [2.05, 4.69) is 20.4 Å². The molecule has 140 valence electrons. The molecule has 5 nitrogen and oxygen atoms in total. The summed E-state index contributed by atoms with van der Waals surface area (Å²) in [5, 5.41) is 10.6. The number of piperidine rings is 1. The number of aryl methyl sites for hydroxylation is 1. The molecule has 2 N–H and O–H groups in total. The van der Waals surface area contributed by atoms with E-state index in [1.165, 1.54) is 23.5 Å². The number of nitrogens with zero attached hydrogens (tertiary/aromatic N) is 2. The third-order valence-corrected chi connectivity index (χ3v) is 5.76. The number of thiophene rings is 1. The highest BCUT2D eigenvalue weighted by molar-refractivity contribution is 7.13. The Morgan fingerprint density at radius 1 is 1.30 bits per heavy atom. The lowest BCUT2D eigenvalue weighted by Gasteiger charge is -2.33. The maximum absolute atomic E-state index is 13.1. The van der Waals surface area contributed by atoms with Gasteiger partial charge in [-0.1, -0.05) is 0 Å². The Morgan fingerprint density at radius 3 is 2.85 bits per heavy atom. The fourth-order valence-corrected chi connectivity index (χ4v) is 4.14. The highest BCUT2D eigenvalue weighted by Gasteiger charge is 2.24. The first kappa shape index (κ1) is 17.7. The van der Waals surface area contributed by atoms with E-state index in [4.69, 9.17) is 0 Å². The molecule has 3 aromatic rings. The second kappa shape index (κ2) is 7.52. The molecule has 3 heterocycles. The summed E-state index contributed by atoms with van der Waals surface area (Å²) >= 11 is 1.51. The van der Waals surface area contributed by atoms with Gasteiger partial charge >= 0.3 is 0 Å². The number of aromatic nitrogens is 2. The van der Waals surface area contributed by atoms with Crippen molar-refractivity contribution >= 4 is 23.1 Å². The van der Waals surface area contributed by atoms with Crippen LogP contribution in [0.2, 0.25) is 0 Å². The van der Waals surface area contributed by atoms with E-state index in [0.717, 1.165) is 52.8 Å². The van der Waals surface area contributed by atoms with Crippen LogP contribution in [0.15, 0.2) is 42.5 Å². The van der Waals surface area contributed by atoms with Gasteiger partial charge in [-0.3, -0.25) is 9.89 Å². The molecule has 2 aromatic heterocycles. The zero-order valence-corrected chi connectivity index (χ0v) is 15.9. The predicted octanol–water partition coefficient (Wildman–Crippen LogP) is 3.98. The van der Waals surface area contributed by atoms with Crippen molar-refractivity contribution in [2.45, 2.75) is 25.8 Å². The number of carbonyl (C=O) groups is 1. The molecule has 1 fully saturated rings. The number of H-pyrrole nitrogens is 1. The molecule has 0 bridgehead atoms. The molecule has 1 amide bonds. The van der Waals surface area contributed by atoms with Gasteiger partial charge in [-0.2, -0.15) is 5.10 Å². The summed E-state index contributed by atoms with van der Waals surface area (Å²) < 4.78 is 13.1. The van der Waals surface area contributed by atoms with Crippen molar-refractivity contribution in [1.29, 1.82) is 0 Å². The van der Waals surface area contributed by atoms with Crippen LogP contribution in [0.3, 0.4) is 0 Å². The van der Waals surface area contributed by atoms with E-state index in [1.54, 1.807) is 12.1 Å². The minimum atomic E-state index is -0.256. The second-order valence-corrected chi connectivity index (χ2v) is 8.10. The normalized spacial score (nSPS) is 17.1. The highest BCUT2D eigenvalue weighted by Crippen LogP contribution is 2.24. The molecule has 0 aliphatic carbocycles. The molecular weight excluding hydrogens is 363 g/mol. The number of hydrogen-bond acceptors (Lipinski definition) is 4. The van der Waals surface area contributed by atoms with Crippen molar-refractivity contribution in [1.82, 2.24) is 15.5 Å². The molecule has 1 aliphatic heterocycles. The summed E-state index contributed by atoms with van der Waals surface area (Å²) in [5.41, 5.74) is 1.75. The molecule has 4 rings (SSSR count). The van der Waals surface area contributed by atoms with Gasteiger partial charge in [0.25, 0.3) is 5.91 Å². The molecule has 1 saturated heterocycles. The van der Waals surface area contributed by atoms with Gasteiger partial charge in [0.05, 0.1) is 10.6 Å². The van der Waals surface area contributed by atoms with Gasteiger partial charge in [-0.05, 0) is 61.7 Å². The molecule has 1 aromatic carbocycles. The van der Waals surface area contributed by atoms with Crippen molar-refractivity contribution in [3.8, 4) is 11.3 Å². The molecule has 7 heteroatoms. The fraction of sp³-hybridized carbons (Fsp3) is 0.300. The number of nitrogens with one attached hydrogen (secondary N) is 2. The van der Waals surface area contributed by atoms with Crippen LogP contribution in [0.25, 0.3) is 11.3 Å². The van der Waals surface area contributed by atoms with Crippen LogP contribution in [0, 0.1) is 12.7 Å². The largest absolute Gasteiger partial charge is 0.353 e. The molecule has 1 aliphatic rings. The number of rotatable bonds is 4. The molecule has 0 radical (unpaired) electrons. The lowest BCUT2D eigenvalue weighted by Crippen LogP contribution is -2.47. The van der Waals surface area contributed by atoms with E-state index in [1.807, 2.05) is 25.1 Å². The van der Waals surface area contributed by atoms with Gasteiger partial charge in [0, 0.05) is 30.1 Å². The lowest BCUT2D eigenvalue weighted by atomic mass is 10.1. The number of amides is 1. The van der Waals surface area contributed by atoms with Gasteiger partial charge in [0.1, 0.15) is 5.82 Å². The van der Waals surface area contributed by atoms with Gasteiger partial charge in [-0.25, -0.2) is 4.39 Å². The monoisotopic (exact) mass is 384 g/mol. The number of hydrogen-bond donors (Lipinski definition) is 2. The number of benzene rings is 1. The van der Waals surface area contributed by atoms with E-state index in [-0.39, 0.29) is 17.8 Å². The average Bonchev–Trinajstić information content (AvgIpc) is 3.32. The van der Waals surface area contributed by atoms with Crippen LogP contribution in [0.5, 0.6) is 0 Å². The Bertz CT molecular complexity index is 934. The molecule has 0 unspecified atom stereocenters. The number of aromatic amines is 1. The van der Waals surface area contributed by atoms with E-state index < -0.39 is 0 Å². The molecule has 0 saturated carbocycles. The van der Waals surface area contributed by atoms with Crippen LogP contribution in [-0.4, -0.2) is 35.2 Å². The van der Waals surface area contributed by atoms with Crippen LogP contribution in [0.4, 0.5) is 10.2 Å². The SMILES string of the molecule is Cc1ccc(C(=O)N[C@H]2CCCN(c3cc(-c4ccc(F)cc4)[nH]n3)C2)s1. The first-order valence-electron chi connectivity index (χ1n) is 9.02. The van der Waals surface area contributed by atoms with Crippen molar-refractivity contribution < 1.29 is 9.18 Å². The maximum Gasteiger partial charge on any atom is 0.261 e. The number of anilines is 1. The topological polar surface area (TPSA) is 61.0 Å². The third-order valence-electron chi connectivity index (χ3n) is 4.76. The van der Waals surface area contributed by atoms with Crippen molar-refractivity contribution in [2.75, 3.05) is 18.0 Å². The van der Waals surface area contributed by atoms with Crippen molar-refractivity contribution in [2.24, 2.45) is 0 Å². The van der Waals surface area contributed by atoms with Crippen molar-refractivity contribution in [3.05, 3.63) is 58.0 Å². The Hall–Kier alpha value is -2.67. The second-order valence-electron chi connectivity index (χ2n) is 6.82. The minimum absolute atomic E-state index is 0.00557. The summed E-state index contributed by atoms with van der Waals surface area (Å²) in [4.78, 5) is 16.5. The summed E-state index contributed by atoms with van der Waals surface area (Å²) in [6.45, 7) is 3.63.